The van der Waals surface area contributed by atoms with Crippen LogP contribution in [-0.2, 0) is 13.0 Å². The van der Waals surface area contributed by atoms with Crippen LogP contribution >= 0.6 is 0 Å². The van der Waals surface area contributed by atoms with Crippen LogP contribution in [0.2, 0.25) is 0 Å². The standard InChI is InChI=1S/C15H20N4O/c16-12-4-5-13(17)11(8-12)9-19-14-3-1-2-10(6-7-20)15(14)18/h1-5,8,19-20H,6-7,9,16-18H2. The fourth-order valence-corrected chi connectivity index (χ4v) is 2.07. The molecule has 0 fully saturated rings. The van der Waals surface area contributed by atoms with Gasteiger partial charge in [0.1, 0.15) is 0 Å². The van der Waals surface area contributed by atoms with Gasteiger partial charge >= 0.3 is 0 Å². The number of para-hydroxylation sites is 1. The Balaban J connectivity index is 2.14. The van der Waals surface area contributed by atoms with Crippen LogP contribution in [0, 0.1) is 0 Å². The molecule has 2 aromatic carbocycles. The van der Waals surface area contributed by atoms with E-state index in [1.165, 1.54) is 0 Å². The van der Waals surface area contributed by atoms with E-state index in [0.717, 1.165) is 16.8 Å². The summed E-state index contributed by atoms with van der Waals surface area (Å²) >= 11 is 0. The first-order valence-electron chi connectivity index (χ1n) is 6.47. The highest BCUT2D eigenvalue weighted by atomic mass is 16.2. The quantitative estimate of drug-likeness (QED) is 0.531. The van der Waals surface area contributed by atoms with Gasteiger partial charge in [-0.2, -0.15) is 0 Å². The van der Waals surface area contributed by atoms with Crippen LogP contribution in [-0.4, -0.2) is 11.7 Å². The second kappa shape index (κ2) is 6.16. The Labute approximate surface area is 118 Å². The minimum Gasteiger partial charge on any atom is -0.399 e. The van der Waals surface area contributed by atoms with Crippen molar-refractivity contribution in [3.63, 3.8) is 0 Å². The number of nitrogen functional groups attached to an aromatic ring is 3. The van der Waals surface area contributed by atoms with E-state index in [9.17, 15) is 0 Å². The van der Waals surface area contributed by atoms with Gasteiger partial charge < -0.3 is 27.6 Å². The molecule has 0 aliphatic heterocycles. The Hall–Kier alpha value is -2.40. The fourth-order valence-electron chi connectivity index (χ4n) is 2.07. The minimum absolute atomic E-state index is 0.0792. The number of aliphatic hydroxyl groups excluding tert-OH is 1. The predicted molar refractivity (Wildman–Crippen MR) is 84.2 cm³/mol. The normalized spacial score (nSPS) is 10.4. The maximum atomic E-state index is 9.00. The maximum Gasteiger partial charge on any atom is 0.0583 e. The lowest BCUT2D eigenvalue weighted by Crippen LogP contribution is -2.07. The van der Waals surface area contributed by atoms with E-state index in [4.69, 9.17) is 22.3 Å². The van der Waals surface area contributed by atoms with E-state index in [2.05, 4.69) is 5.32 Å². The molecule has 0 bridgehead atoms. The molecule has 0 saturated carbocycles. The predicted octanol–water partition coefficient (Wildman–Crippen LogP) is 1.58. The lowest BCUT2D eigenvalue weighted by Gasteiger charge is -2.14. The Morgan fingerprint density at radius 2 is 1.80 bits per heavy atom. The van der Waals surface area contributed by atoms with Crippen molar-refractivity contribution in [3.8, 4) is 0 Å². The number of nitrogens with one attached hydrogen (secondary N) is 1. The van der Waals surface area contributed by atoms with Crippen molar-refractivity contribution < 1.29 is 5.11 Å². The zero-order valence-electron chi connectivity index (χ0n) is 11.3. The summed E-state index contributed by atoms with van der Waals surface area (Å²) in [5.41, 5.74) is 22.4. The molecule has 0 radical (unpaired) electrons. The van der Waals surface area contributed by atoms with Gasteiger partial charge in [0, 0.05) is 24.5 Å². The molecule has 2 rings (SSSR count). The molecule has 0 aliphatic rings. The van der Waals surface area contributed by atoms with E-state index in [1.54, 1.807) is 12.1 Å². The zero-order valence-corrected chi connectivity index (χ0v) is 11.3. The third-order valence-corrected chi connectivity index (χ3v) is 3.21. The summed E-state index contributed by atoms with van der Waals surface area (Å²) in [6.07, 6.45) is 0.543. The molecular weight excluding hydrogens is 252 g/mol. The second-order valence-electron chi connectivity index (χ2n) is 4.66. The van der Waals surface area contributed by atoms with Gasteiger partial charge in [-0.15, -0.1) is 0 Å². The number of anilines is 4. The van der Waals surface area contributed by atoms with Gasteiger partial charge in [0.05, 0.1) is 11.4 Å². The largest absolute Gasteiger partial charge is 0.399 e. The van der Waals surface area contributed by atoms with Gasteiger partial charge in [0.25, 0.3) is 0 Å². The molecule has 20 heavy (non-hydrogen) atoms. The van der Waals surface area contributed by atoms with Gasteiger partial charge in [-0.3, -0.25) is 0 Å². The highest BCUT2D eigenvalue weighted by Crippen LogP contribution is 2.25. The number of benzene rings is 2. The highest BCUT2D eigenvalue weighted by Gasteiger charge is 2.05. The third-order valence-electron chi connectivity index (χ3n) is 3.21. The van der Waals surface area contributed by atoms with Crippen molar-refractivity contribution in [1.29, 1.82) is 0 Å². The first-order valence-corrected chi connectivity index (χ1v) is 6.47. The van der Waals surface area contributed by atoms with Gasteiger partial charge in [-0.25, -0.2) is 0 Å². The topological polar surface area (TPSA) is 110 Å². The first kappa shape index (κ1) is 14.0. The lowest BCUT2D eigenvalue weighted by atomic mass is 10.1. The summed E-state index contributed by atoms with van der Waals surface area (Å²) in [7, 11) is 0. The third kappa shape index (κ3) is 3.13. The van der Waals surface area contributed by atoms with E-state index >= 15 is 0 Å². The van der Waals surface area contributed by atoms with Gasteiger partial charge in [-0.1, -0.05) is 12.1 Å². The van der Waals surface area contributed by atoms with Crippen LogP contribution in [0.15, 0.2) is 36.4 Å². The Bertz CT molecular complexity index is 598. The Morgan fingerprint density at radius 1 is 1.00 bits per heavy atom. The SMILES string of the molecule is Nc1ccc(N)c(CNc2cccc(CCO)c2N)c1. The first-order chi connectivity index (χ1) is 9.61. The highest BCUT2D eigenvalue weighted by molar-refractivity contribution is 5.70. The average Bonchev–Trinajstić information content (AvgIpc) is 2.43. The van der Waals surface area contributed by atoms with Crippen molar-refractivity contribution in [2.75, 3.05) is 29.1 Å². The molecule has 0 saturated heterocycles. The number of nitrogens with two attached hydrogens (primary N) is 3. The van der Waals surface area contributed by atoms with Crippen LogP contribution in [0.3, 0.4) is 0 Å². The Morgan fingerprint density at radius 3 is 2.55 bits per heavy atom. The van der Waals surface area contributed by atoms with Crippen molar-refractivity contribution in [1.82, 2.24) is 0 Å². The van der Waals surface area contributed by atoms with Crippen molar-refractivity contribution in [2.24, 2.45) is 0 Å². The Kier molecular flexibility index (Phi) is 4.32. The van der Waals surface area contributed by atoms with Crippen LogP contribution in [0.5, 0.6) is 0 Å². The molecule has 0 atom stereocenters. The molecule has 0 amide bonds. The summed E-state index contributed by atoms with van der Waals surface area (Å²) in [5, 5.41) is 12.3. The van der Waals surface area contributed by atoms with E-state index < -0.39 is 0 Å². The monoisotopic (exact) mass is 272 g/mol. The van der Waals surface area contributed by atoms with Crippen molar-refractivity contribution in [2.45, 2.75) is 13.0 Å². The smallest absolute Gasteiger partial charge is 0.0583 e. The van der Waals surface area contributed by atoms with Gasteiger partial charge in [0.2, 0.25) is 0 Å². The molecule has 106 valence electrons. The van der Waals surface area contributed by atoms with E-state index in [0.29, 0.717) is 30.0 Å². The fraction of sp³-hybridized carbons (Fsp3) is 0.200. The summed E-state index contributed by atoms with van der Waals surface area (Å²) in [6, 6.07) is 11.1. The second-order valence-corrected chi connectivity index (χ2v) is 4.66. The molecule has 5 nitrogen and oxygen atoms in total. The molecular formula is C15H20N4O. The van der Waals surface area contributed by atoms with Gasteiger partial charge in [0.15, 0.2) is 0 Å². The summed E-state index contributed by atoms with van der Waals surface area (Å²) in [6.45, 7) is 0.624. The maximum absolute atomic E-state index is 9.00. The summed E-state index contributed by atoms with van der Waals surface area (Å²) < 4.78 is 0. The van der Waals surface area contributed by atoms with Crippen LogP contribution in [0.4, 0.5) is 22.7 Å². The molecule has 0 unspecified atom stereocenters. The van der Waals surface area contributed by atoms with Crippen LogP contribution < -0.4 is 22.5 Å². The molecule has 0 heterocycles. The molecule has 5 heteroatoms. The summed E-state index contributed by atoms with van der Waals surface area (Å²) in [4.78, 5) is 0. The van der Waals surface area contributed by atoms with Crippen molar-refractivity contribution in [3.05, 3.63) is 47.5 Å². The van der Waals surface area contributed by atoms with E-state index in [-0.39, 0.29) is 6.61 Å². The number of hydrogen-bond acceptors (Lipinski definition) is 5. The minimum atomic E-state index is 0.0792. The number of aliphatic hydroxyl groups is 1. The molecule has 0 spiro atoms. The van der Waals surface area contributed by atoms with Crippen molar-refractivity contribution >= 4 is 22.7 Å². The zero-order chi connectivity index (χ0) is 14.5. The average molecular weight is 272 g/mol. The molecule has 0 aliphatic carbocycles. The van der Waals surface area contributed by atoms with E-state index in [1.807, 2.05) is 24.3 Å². The van der Waals surface area contributed by atoms with Gasteiger partial charge in [-0.05, 0) is 41.8 Å². The van der Waals surface area contributed by atoms with Crippen LogP contribution in [0.1, 0.15) is 11.1 Å². The molecule has 0 aromatic heterocycles. The number of rotatable bonds is 5. The van der Waals surface area contributed by atoms with Crippen LogP contribution in [0.25, 0.3) is 0 Å². The number of hydrogen-bond donors (Lipinski definition) is 5. The summed E-state index contributed by atoms with van der Waals surface area (Å²) in [5.74, 6) is 0. The molecule has 8 N–H and O–H groups in total. The lowest BCUT2D eigenvalue weighted by molar-refractivity contribution is 0.300. The molecule has 2 aromatic rings.